The van der Waals surface area contributed by atoms with E-state index in [1.54, 1.807) is 13.2 Å². The fraction of sp³-hybridized carbons (Fsp3) is 0.250. The van der Waals surface area contributed by atoms with E-state index < -0.39 is 0 Å². The Kier molecular flexibility index (Phi) is 7.80. The van der Waals surface area contributed by atoms with E-state index in [0.29, 0.717) is 0 Å². The van der Waals surface area contributed by atoms with Gasteiger partial charge in [0.1, 0.15) is 5.75 Å². The number of methoxy groups -OCH3 is 1. The van der Waals surface area contributed by atoms with Crippen LogP contribution in [0.3, 0.4) is 0 Å². The summed E-state index contributed by atoms with van der Waals surface area (Å²) in [5, 5.41) is 18.3. The molecule has 30 heavy (non-hydrogen) atoms. The highest BCUT2D eigenvalue weighted by molar-refractivity contribution is 5.93. The van der Waals surface area contributed by atoms with Crippen molar-refractivity contribution in [3.05, 3.63) is 66.4 Å². The van der Waals surface area contributed by atoms with Crippen LogP contribution in [-0.2, 0) is 0 Å². The molecule has 0 aliphatic rings. The molecule has 6 heteroatoms. The molecule has 0 bridgehead atoms. The molecule has 3 rings (SSSR count). The van der Waals surface area contributed by atoms with Gasteiger partial charge in [-0.2, -0.15) is 0 Å². The van der Waals surface area contributed by atoms with Crippen molar-refractivity contribution in [1.82, 2.24) is 15.6 Å². The summed E-state index contributed by atoms with van der Waals surface area (Å²) in [6, 6.07) is 18.3. The highest BCUT2D eigenvalue weighted by atomic mass is 16.5. The highest BCUT2D eigenvalue weighted by Crippen LogP contribution is 2.29. The van der Waals surface area contributed by atoms with Gasteiger partial charge in [-0.3, -0.25) is 0 Å². The maximum atomic E-state index is 7.15. The summed E-state index contributed by atoms with van der Waals surface area (Å²) >= 11 is 0. The lowest BCUT2D eigenvalue weighted by Gasteiger charge is -2.13. The average Bonchev–Trinajstić information content (AvgIpc) is 2.80. The van der Waals surface area contributed by atoms with Crippen LogP contribution in [0.1, 0.15) is 6.42 Å². The number of ether oxygens (including phenoxy) is 1. The number of para-hydroxylation sites is 1. The number of hydrogen-bond acceptors (Lipinski definition) is 6. The Balaban J connectivity index is 1.67. The molecule has 156 valence electrons. The molecule has 0 saturated heterocycles. The molecule has 1 heterocycles. The molecule has 0 spiro atoms. The van der Waals surface area contributed by atoms with Crippen LogP contribution in [0, 0.1) is 5.41 Å². The molecule has 4 N–H and O–H groups in total. The van der Waals surface area contributed by atoms with Gasteiger partial charge < -0.3 is 26.1 Å². The van der Waals surface area contributed by atoms with Gasteiger partial charge in [-0.15, -0.1) is 0 Å². The van der Waals surface area contributed by atoms with Gasteiger partial charge in [0.05, 0.1) is 18.3 Å². The van der Waals surface area contributed by atoms with E-state index in [1.807, 2.05) is 49.5 Å². The Morgan fingerprint density at radius 1 is 1.10 bits per heavy atom. The summed E-state index contributed by atoms with van der Waals surface area (Å²) in [7, 11) is 3.54. The number of benzene rings is 2. The first-order valence-corrected chi connectivity index (χ1v) is 10.1. The van der Waals surface area contributed by atoms with Crippen molar-refractivity contribution in [2.45, 2.75) is 6.42 Å². The van der Waals surface area contributed by atoms with Gasteiger partial charge >= 0.3 is 0 Å². The predicted molar refractivity (Wildman–Crippen MR) is 126 cm³/mol. The van der Waals surface area contributed by atoms with Crippen molar-refractivity contribution in [3.8, 4) is 17.0 Å². The number of hydrogen-bond donors (Lipinski definition) is 4. The first kappa shape index (κ1) is 21.3. The van der Waals surface area contributed by atoms with Gasteiger partial charge in [0.15, 0.2) is 0 Å². The van der Waals surface area contributed by atoms with Crippen LogP contribution >= 0.6 is 0 Å². The molecule has 0 radical (unpaired) electrons. The molecule has 0 amide bonds. The average molecular weight is 404 g/mol. The Morgan fingerprint density at radius 2 is 1.90 bits per heavy atom. The Morgan fingerprint density at radius 3 is 2.63 bits per heavy atom. The van der Waals surface area contributed by atoms with Crippen molar-refractivity contribution in [2.24, 2.45) is 0 Å². The second kappa shape index (κ2) is 11.0. The van der Waals surface area contributed by atoms with Crippen LogP contribution in [0.15, 0.2) is 66.4 Å². The second-order valence-corrected chi connectivity index (χ2v) is 6.87. The van der Waals surface area contributed by atoms with Crippen molar-refractivity contribution >= 4 is 22.8 Å². The number of allylic oxidation sites excluding steroid dienone is 1. The normalized spacial score (nSPS) is 11.3. The van der Waals surface area contributed by atoms with Crippen molar-refractivity contribution in [1.29, 1.82) is 5.41 Å². The van der Waals surface area contributed by atoms with Crippen LogP contribution in [0.25, 0.3) is 22.2 Å². The van der Waals surface area contributed by atoms with Gasteiger partial charge in [0, 0.05) is 48.7 Å². The molecule has 2 aromatic carbocycles. The summed E-state index contributed by atoms with van der Waals surface area (Å²) in [5.41, 5.74) is 5.06. The number of likely N-dealkylation sites (N-methyl/N-ethyl adjacent to an activating group) is 1. The van der Waals surface area contributed by atoms with E-state index in [0.717, 1.165) is 65.3 Å². The molecule has 6 nitrogen and oxygen atoms in total. The topological polar surface area (TPSA) is 82.1 Å². The van der Waals surface area contributed by atoms with Gasteiger partial charge in [-0.05, 0) is 55.4 Å². The van der Waals surface area contributed by atoms with Crippen molar-refractivity contribution < 1.29 is 4.74 Å². The molecular formula is C24H29N5O. The first-order valence-electron chi connectivity index (χ1n) is 10.1. The van der Waals surface area contributed by atoms with E-state index >= 15 is 0 Å². The lowest BCUT2D eigenvalue weighted by molar-refractivity contribution is 0.415. The van der Waals surface area contributed by atoms with Crippen molar-refractivity contribution in [2.75, 3.05) is 39.1 Å². The summed E-state index contributed by atoms with van der Waals surface area (Å²) in [6.07, 6.45) is 4.04. The van der Waals surface area contributed by atoms with E-state index in [-0.39, 0.29) is 0 Å². The van der Waals surface area contributed by atoms with E-state index in [9.17, 15) is 0 Å². The molecule has 1 aromatic heterocycles. The number of anilines is 1. The monoisotopic (exact) mass is 403 g/mol. The van der Waals surface area contributed by atoms with Crippen LogP contribution in [0.5, 0.6) is 5.75 Å². The summed E-state index contributed by atoms with van der Waals surface area (Å²) < 4.78 is 5.26. The standard InChI is InChI=1S/C24H29N5O/c1-26-19(12-13-25)17-27-14-5-15-28-24-16-23(18-8-10-20(30-2)11-9-18)29-22-7-4-3-6-21(22)24/h3-4,6-13,16,25-27H,5,14-15,17H2,1-2H3,(H,28,29)/b19-12-,25-13?. The zero-order chi connectivity index (χ0) is 21.2. The molecule has 0 aliphatic heterocycles. The number of nitrogens with zero attached hydrogens (tertiary/aromatic N) is 1. The number of rotatable bonds is 11. The Bertz CT molecular complexity index is 998. The Hall–Kier alpha value is -3.38. The van der Waals surface area contributed by atoms with Crippen LogP contribution in [0.4, 0.5) is 5.69 Å². The molecule has 3 aromatic rings. The lowest BCUT2D eigenvalue weighted by atomic mass is 10.1. The first-order chi connectivity index (χ1) is 14.7. The largest absolute Gasteiger partial charge is 0.497 e. The van der Waals surface area contributed by atoms with Crippen LogP contribution in [-0.4, -0.2) is 45.0 Å². The van der Waals surface area contributed by atoms with Crippen LogP contribution in [0.2, 0.25) is 0 Å². The zero-order valence-electron chi connectivity index (χ0n) is 17.5. The van der Waals surface area contributed by atoms with Crippen molar-refractivity contribution in [3.63, 3.8) is 0 Å². The van der Waals surface area contributed by atoms with E-state index in [4.69, 9.17) is 15.1 Å². The number of nitrogens with one attached hydrogen (secondary N) is 4. The van der Waals surface area contributed by atoms with E-state index in [1.165, 1.54) is 6.21 Å². The number of pyridine rings is 1. The minimum atomic E-state index is 0.728. The second-order valence-electron chi connectivity index (χ2n) is 6.87. The van der Waals surface area contributed by atoms with Gasteiger partial charge in [0.2, 0.25) is 0 Å². The number of aromatic nitrogens is 1. The third kappa shape index (κ3) is 5.58. The third-order valence-corrected chi connectivity index (χ3v) is 4.87. The summed E-state index contributed by atoms with van der Waals surface area (Å²) in [4.78, 5) is 4.84. The van der Waals surface area contributed by atoms with Crippen LogP contribution < -0.4 is 20.7 Å². The highest BCUT2D eigenvalue weighted by Gasteiger charge is 2.07. The molecule has 0 saturated carbocycles. The van der Waals surface area contributed by atoms with Gasteiger partial charge in [-0.1, -0.05) is 18.2 Å². The number of fused-ring (bicyclic) bond motifs is 1. The predicted octanol–water partition coefficient (Wildman–Crippen LogP) is 4.05. The Labute approximate surface area is 177 Å². The lowest BCUT2D eigenvalue weighted by Crippen LogP contribution is -2.25. The van der Waals surface area contributed by atoms with Gasteiger partial charge in [-0.25, -0.2) is 4.98 Å². The summed E-state index contributed by atoms with van der Waals surface area (Å²) in [6.45, 7) is 2.47. The third-order valence-electron chi connectivity index (χ3n) is 4.87. The zero-order valence-corrected chi connectivity index (χ0v) is 17.5. The fourth-order valence-corrected chi connectivity index (χ4v) is 3.22. The molecule has 0 unspecified atom stereocenters. The maximum absolute atomic E-state index is 7.15. The maximum Gasteiger partial charge on any atom is 0.118 e. The minimum Gasteiger partial charge on any atom is -0.497 e. The van der Waals surface area contributed by atoms with Gasteiger partial charge in [0.25, 0.3) is 0 Å². The molecular weight excluding hydrogens is 374 g/mol. The molecule has 0 fully saturated rings. The quantitative estimate of drug-likeness (QED) is 0.287. The molecule has 0 aliphatic carbocycles. The fourth-order valence-electron chi connectivity index (χ4n) is 3.22. The smallest absolute Gasteiger partial charge is 0.118 e. The molecule has 0 atom stereocenters. The SMILES string of the molecule is CN/C(=C\C=N)CNCCCNc1cc(-c2ccc(OC)cc2)nc2ccccc12. The summed E-state index contributed by atoms with van der Waals surface area (Å²) in [5.74, 6) is 0.835. The van der Waals surface area contributed by atoms with E-state index in [2.05, 4.69) is 28.1 Å². The minimum absolute atomic E-state index is 0.728.